The molecule has 0 bridgehead atoms. The third-order valence-corrected chi connectivity index (χ3v) is 3.14. The minimum absolute atomic E-state index is 0.0483. The second kappa shape index (κ2) is 4.95. The zero-order chi connectivity index (χ0) is 11.5. The number of nitrogens with zero attached hydrogens (tertiary/aromatic N) is 2. The van der Waals surface area contributed by atoms with Crippen LogP contribution in [0.25, 0.3) is 0 Å². The van der Waals surface area contributed by atoms with Gasteiger partial charge in [0.25, 0.3) is 0 Å². The molecule has 90 valence electrons. The standard InChI is InChI=1S/C11H19N3O2/c1-2-16-9-3-8(4-9)14-7-13-5-11(14)10(12)6-15/h5,7-10,15H,2-4,6,12H2,1H3. The fourth-order valence-corrected chi connectivity index (χ4v) is 2.14. The van der Waals surface area contributed by atoms with Gasteiger partial charge in [-0.2, -0.15) is 0 Å². The molecule has 5 nitrogen and oxygen atoms in total. The lowest BCUT2D eigenvalue weighted by atomic mass is 9.88. The SMILES string of the molecule is CCOC1CC(n2cncc2C(N)CO)C1. The normalized spacial score (nSPS) is 26.4. The van der Waals surface area contributed by atoms with Gasteiger partial charge in [-0.05, 0) is 19.8 Å². The molecule has 3 N–H and O–H groups in total. The molecule has 1 aromatic heterocycles. The Hall–Kier alpha value is -0.910. The van der Waals surface area contributed by atoms with E-state index in [2.05, 4.69) is 9.55 Å². The molecule has 5 heteroatoms. The van der Waals surface area contributed by atoms with Crippen LogP contribution in [0, 0.1) is 0 Å². The summed E-state index contributed by atoms with van der Waals surface area (Å²) >= 11 is 0. The average Bonchev–Trinajstić information content (AvgIpc) is 2.70. The van der Waals surface area contributed by atoms with E-state index in [0.717, 1.165) is 25.1 Å². The van der Waals surface area contributed by atoms with Crippen molar-refractivity contribution in [2.75, 3.05) is 13.2 Å². The van der Waals surface area contributed by atoms with E-state index >= 15 is 0 Å². The number of imidazole rings is 1. The van der Waals surface area contributed by atoms with Crippen LogP contribution in [0.4, 0.5) is 0 Å². The molecule has 1 heterocycles. The number of ether oxygens (including phenoxy) is 1. The highest BCUT2D eigenvalue weighted by Crippen LogP contribution is 2.35. The number of aliphatic hydroxyl groups excluding tert-OH is 1. The van der Waals surface area contributed by atoms with E-state index in [1.807, 2.05) is 6.92 Å². The highest BCUT2D eigenvalue weighted by atomic mass is 16.5. The predicted molar refractivity (Wildman–Crippen MR) is 59.9 cm³/mol. The summed E-state index contributed by atoms with van der Waals surface area (Å²) in [5.74, 6) is 0. The van der Waals surface area contributed by atoms with Gasteiger partial charge in [-0.25, -0.2) is 4.98 Å². The minimum Gasteiger partial charge on any atom is -0.394 e. The van der Waals surface area contributed by atoms with Crippen molar-refractivity contribution in [1.29, 1.82) is 0 Å². The highest BCUT2D eigenvalue weighted by Gasteiger charge is 2.32. The summed E-state index contributed by atoms with van der Waals surface area (Å²) in [7, 11) is 0. The van der Waals surface area contributed by atoms with E-state index in [-0.39, 0.29) is 12.6 Å². The Balaban J connectivity index is 1.98. The van der Waals surface area contributed by atoms with Crippen molar-refractivity contribution in [3.63, 3.8) is 0 Å². The van der Waals surface area contributed by atoms with E-state index in [4.69, 9.17) is 15.6 Å². The zero-order valence-corrected chi connectivity index (χ0v) is 9.54. The van der Waals surface area contributed by atoms with Crippen LogP contribution in [-0.2, 0) is 4.74 Å². The number of hydrogen-bond acceptors (Lipinski definition) is 4. The first kappa shape index (κ1) is 11.6. The van der Waals surface area contributed by atoms with Gasteiger partial charge in [0.15, 0.2) is 0 Å². The maximum Gasteiger partial charge on any atom is 0.0951 e. The van der Waals surface area contributed by atoms with Gasteiger partial charge in [-0.1, -0.05) is 0 Å². The van der Waals surface area contributed by atoms with E-state index in [1.54, 1.807) is 12.5 Å². The number of nitrogens with two attached hydrogens (primary N) is 1. The fraction of sp³-hybridized carbons (Fsp3) is 0.727. The molecule has 16 heavy (non-hydrogen) atoms. The summed E-state index contributed by atoms with van der Waals surface area (Å²) < 4.78 is 7.58. The van der Waals surface area contributed by atoms with Crippen molar-refractivity contribution in [2.45, 2.75) is 38.0 Å². The molecule has 0 amide bonds. The molecule has 0 saturated heterocycles. The number of aliphatic hydroxyl groups is 1. The molecule has 0 aromatic carbocycles. The van der Waals surface area contributed by atoms with E-state index in [1.165, 1.54) is 0 Å². The summed E-state index contributed by atoms with van der Waals surface area (Å²) in [5, 5.41) is 9.05. The monoisotopic (exact) mass is 225 g/mol. The largest absolute Gasteiger partial charge is 0.394 e. The summed E-state index contributed by atoms with van der Waals surface area (Å²) in [6.07, 6.45) is 5.91. The van der Waals surface area contributed by atoms with Gasteiger partial charge >= 0.3 is 0 Å². The predicted octanol–water partition coefficient (Wildman–Crippen LogP) is 0.615. The lowest BCUT2D eigenvalue weighted by Gasteiger charge is -2.37. The smallest absolute Gasteiger partial charge is 0.0951 e. The molecular weight excluding hydrogens is 206 g/mol. The van der Waals surface area contributed by atoms with Gasteiger partial charge in [0.1, 0.15) is 0 Å². The number of hydrogen-bond donors (Lipinski definition) is 2. The minimum atomic E-state index is -0.339. The lowest BCUT2D eigenvalue weighted by Crippen LogP contribution is -2.35. The molecule has 1 atom stereocenters. The summed E-state index contributed by atoms with van der Waals surface area (Å²) in [6, 6.07) is 0.0836. The van der Waals surface area contributed by atoms with Gasteiger partial charge < -0.3 is 20.1 Å². The van der Waals surface area contributed by atoms with Crippen LogP contribution in [0.15, 0.2) is 12.5 Å². The summed E-state index contributed by atoms with van der Waals surface area (Å²) in [6.45, 7) is 2.73. The Morgan fingerprint density at radius 1 is 1.69 bits per heavy atom. The van der Waals surface area contributed by atoms with Crippen LogP contribution in [0.5, 0.6) is 0 Å². The van der Waals surface area contributed by atoms with Crippen LogP contribution in [0.2, 0.25) is 0 Å². The van der Waals surface area contributed by atoms with Crippen molar-refractivity contribution in [2.24, 2.45) is 5.73 Å². The molecule has 1 aromatic rings. The molecule has 1 fully saturated rings. The van der Waals surface area contributed by atoms with Crippen molar-refractivity contribution in [3.05, 3.63) is 18.2 Å². The van der Waals surface area contributed by atoms with Crippen LogP contribution >= 0.6 is 0 Å². The van der Waals surface area contributed by atoms with Crippen LogP contribution < -0.4 is 5.73 Å². The Labute approximate surface area is 95.2 Å². The molecule has 2 rings (SSSR count). The molecule has 0 spiro atoms. The summed E-state index contributed by atoms with van der Waals surface area (Å²) in [4.78, 5) is 4.10. The maximum atomic E-state index is 9.05. The molecule has 1 aliphatic carbocycles. The molecule has 0 radical (unpaired) electrons. The average molecular weight is 225 g/mol. The second-order valence-electron chi connectivity index (χ2n) is 4.22. The third-order valence-electron chi connectivity index (χ3n) is 3.14. The zero-order valence-electron chi connectivity index (χ0n) is 9.54. The third kappa shape index (κ3) is 2.11. The van der Waals surface area contributed by atoms with Gasteiger partial charge in [0.05, 0.1) is 30.8 Å². The van der Waals surface area contributed by atoms with Gasteiger partial charge in [0.2, 0.25) is 0 Å². The number of rotatable bonds is 5. The molecule has 1 unspecified atom stereocenters. The topological polar surface area (TPSA) is 73.3 Å². The Bertz CT molecular complexity index is 334. The van der Waals surface area contributed by atoms with Crippen LogP contribution in [0.3, 0.4) is 0 Å². The first-order valence-electron chi connectivity index (χ1n) is 5.76. The first-order chi connectivity index (χ1) is 7.76. The van der Waals surface area contributed by atoms with Crippen molar-refractivity contribution >= 4 is 0 Å². The van der Waals surface area contributed by atoms with Gasteiger partial charge in [0, 0.05) is 18.8 Å². The van der Waals surface area contributed by atoms with Gasteiger partial charge in [-0.3, -0.25) is 0 Å². The van der Waals surface area contributed by atoms with Crippen molar-refractivity contribution in [3.8, 4) is 0 Å². The molecule has 1 aliphatic rings. The Morgan fingerprint density at radius 2 is 2.44 bits per heavy atom. The quantitative estimate of drug-likeness (QED) is 0.770. The first-order valence-corrected chi connectivity index (χ1v) is 5.76. The van der Waals surface area contributed by atoms with E-state index < -0.39 is 0 Å². The van der Waals surface area contributed by atoms with Gasteiger partial charge in [-0.15, -0.1) is 0 Å². The molecule has 0 aliphatic heterocycles. The Kier molecular flexibility index (Phi) is 3.58. The highest BCUT2D eigenvalue weighted by molar-refractivity contribution is 5.08. The maximum absolute atomic E-state index is 9.05. The fourth-order valence-electron chi connectivity index (χ4n) is 2.14. The lowest BCUT2D eigenvalue weighted by molar-refractivity contribution is -0.0206. The van der Waals surface area contributed by atoms with Crippen molar-refractivity contribution in [1.82, 2.24) is 9.55 Å². The second-order valence-corrected chi connectivity index (χ2v) is 4.22. The van der Waals surface area contributed by atoms with Crippen LogP contribution in [0.1, 0.15) is 37.5 Å². The van der Waals surface area contributed by atoms with Crippen molar-refractivity contribution < 1.29 is 9.84 Å². The molecule has 1 saturated carbocycles. The summed E-state index contributed by atoms with van der Waals surface area (Å²) in [5.41, 5.74) is 6.71. The van der Waals surface area contributed by atoms with E-state index in [9.17, 15) is 0 Å². The number of aromatic nitrogens is 2. The van der Waals surface area contributed by atoms with E-state index in [0.29, 0.717) is 12.1 Å². The molecular formula is C11H19N3O2. The Morgan fingerprint density at radius 3 is 3.06 bits per heavy atom. The van der Waals surface area contributed by atoms with Crippen LogP contribution in [-0.4, -0.2) is 34.0 Å².